The fraction of sp³-hybridized carbons (Fsp3) is 0.250. The van der Waals surface area contributed by atoms with Gasteiger partial charge in [0.1, 0.15) is 11.6 Å². The summed E-state index contributed by atoms with van der Waals surface area (Å²) in [6, 6.07) is 9.68. The third-order valence-electron chi connectivity index (χ3n) is 3.79. The molecule has 2 nitrogen and oxygen atoms in total. The Morgan fingerprint density at radius 1 is 1.05 bits per heavy atom. The fourth-order valence-electron chi connectivity index (χ4n) is 2.77. The summed E-state index contributed by atoms with van der Waals surface area (Å²) in [4.78, 5) is 2.00. The van der Waals surface area contributed by atoms with Gasteiger partial charge < -0.3 is 10.6 Å². The Balaban J connectivity index is 1.96. The van der Waals surface area contributed by atoms with Crippen LogP contribution in [-0.4, -0.2) is 6.54 Å². The zero-order valence-corrected chi connectivity index (χ0v) is 11.1. The number of halogens is 2. The van der Waals surface area contributed by atoms with Gasteiger partial charge in [-0.2, -0.15) is 0 Å². The predicted molar refractivity (Wildman–Crippen MR) is 76.6 cm³/mol. The molecule has 0 unspecified atom stereocenters. The number of benzene rings is 2. The van der Waals surface area contributed by atoms with Crippen molar-refractivity contribution in [2.75, 3.05) is 17.2 Å². The minimum absolute atomic E-state index is 0.114. The Morgan fingerprint density at radius 2 is 1.75 bits per heavy atom. The Hall–Kier alpha value is -2.10. The molecule has 0 bridgehead atoms. The molecule has 0 saturated heterocycles. The standard InChI is InChI=1S/C16H16F2N2/c17-13-5-1-6-14(18)12(13)10-20-9-3-4-11-15(19)7-2-8-16(11)20/h1-2,5-8H,3-4,9-10,19H2. The van der Waals surface area contributed by atoms with E-state index in [4.69, 9.17) is 5.73 Å². The minimum atomic E-state index is -0.499. The Kier molecular flexibility index (Phi) is 3.30. The molecule has 0 radical (unpaired) electrons. The second-order valence-electron chi connectivity index (χ2n) is 5.07. The molecule has 4 heteroatoms. The number of hydrogen-bond donors (Lipinski definition) is 1. The molecule has 1 aliphatic heterocycles. The van der Waals surface area contributed by atoms with Crippen molar-refractivity contribution < 1.29 is 8.78 Å². The molecule has 0 saturated carbocycles. The van der Waals surface area contributed by atoms with Gasteiger partial charge >= 0.3 is 0 Å². The molecule has 0 aromatic heterocycles. The smallest absolute Gasteiger partial charge is 0.131 e. The van der Waals surface area contributed by atoms with E-state index in [1.54, 1.807) is 0 Å². The molecule has 0 spiro atoms. The molecular weight excluding hydrogens is 258 g/mol. The van der Waals surface area contributed by atoms with Gasteiger partial charge in [0.15, 0.2) is 0 Å². The largest absolute Gasteiger partial charge is 0.398 e. The van der Waals surface area contributed by atoms with E-state index in [1.807, 2.05) is 23.1 Å². The number of nitrogens with zero attached hydrogens (tertiary/aromatic N) is 1. The Bertz CT molecular complexity index is 620. The van der Waals surface area contributed by atoms with Crippen LogP contribution in [0.1, 0.15) is 17.5 Å². The molecule has 3 rings (SSSR count). The van der Waals surface area contributed by atoms with Gasteiger partial charge in [0, 0.05) is 30.0 Å². The molecule has 1 heterocycles. The first kappa shape index (κ1) is 12.9. The van der Waals surface area contributed by atoms with Gasteiger partial charge in [0.2, 0.25) is 0 Å². The van der Waals surface area contributed by atoms with Crippen molar-refractivity contribution >= 4 is 11.4 Å². The maximum absolute atomic E-state index is 13.8. The van der Waals surface area contributed by atoms with Gasteiger partial charge in [0.05, 0.1) is 0 Å². The van der Waals surface area contributed by atoms with E-state index in [1.165, 1.54) is 18.2 Å². The summed E-state index contributed by atoms with van der Waals surface area (Å²) in [5, 5.41) is 0. The van der Waals surface area contributed by atoms with Gasteiger partial charge in [0.25, 0.3) is 0 Å². The van der Waals surface area contributed by atoms with E-state index in [2.05, 4.69) is 0 Å². The summed E-state index contributed by atoms with van der Waals surface area (Å²) < 4.78 is 27.5. The van der Waals surface area contributed by atoms with Crippen LogP contribution in [0, 0.1) is 11.6 Å². The molecule has 1 aliphatic rings. The summed E-state index contributed by atoms with van der Waals surface area (Å²) in [7, 11) is 0. The summed E-state index contributed by atoms with van der Waals surface area (Å²) >= 11 is 0. The highest BCUT2D eigenvalue weighted by molar-refractivity contribution is 5.66. The molecule has 20 heavy (non-hydrogen) atoms. The SMILES string of the molecule is Nc1cccc2c1CCCN2Cc1c(F)cccc1F. The van der Waals surface area contributed by atoms with Crippen molar-refractivity contribution in [3.8, 4) is 0 Å². The lowest BCUT2D eigenvalue weighted by atomic mass is 9.99. The fourth-order valence-corrected chi connectivity index (χ4v) is 2.77. The molecular formula is C16H16F2N2. The van der Waals surface area contributed by atoms with Crippen LogP contribution in [-0.2, 0) is 13.0 Å². The van der Waals surface area contributed by atoms with Gasteiger partial charge in [-0.05, 0) is 42.7 Å². The molecule has 0 atom stereocenters. The van der Waals surface area contributed by atoms with Crippen LogP contribution in [0.5, 0.6) is 0 Å². The average molecular weight is 274 g/mol. The van der Waals surface area contributed by atoms with Crippen molar-refractivity contribution in [2.24, 2.45) is 0 Å². The van der Waals surface area contributed by atoms with E-state index in [-0.39, 0.29) is 12.1 Å². The minimum Gasteiger partial charge on any atom is -0.398 e. The van der Waals surface area contributed by atoms with E-state index < -0.39 is 11.6 Å². The number of hydrogen-bond acceptors (Lipinski definition) is 2. The maximum atomic E-state index is 13.8. The molecule has 104 valence electrons. The highest BCUT2D eigenvalue weighted by atomic mass is 19.1. The summed E-state index contributed by atoms with van der Waals surface area (Å²) in [5.74, 6) is -0.998. The zero-order valence-electron chi connectivity index (χ0n) is 11.1. The van der Waals surface area contributed by atoms with Crippen molar-refractivity contribution in [2.45, 2.75) is 19.4 Å². The first-order valence-electron chi connectivity index (χ1n) is 6.72. The van der Waals surface area contributed by atoms with Crippen LogP contribution in [0.25, 0.3) is 0 Å². The van der Waals surface area contributed by atoms with Crippen LogP contribution in [0.15, 0.2) is 36.4 Å². The van der Waals surface area contributed by atoms with Gasteiger partial charge in [-0.1, -0.05) is 12.1 Å². The second kappa shape index (κ2) is 5.12. The number of nitrogens with two attached hydrogens (primary N) is 1. The number of nitrogen functional groups attached to an aromatic ring is 1. The van der Waals surface area contributed by atoms with Crippen LogP contribution < -0.4 is 10.6 Å². The van der Waals surface area contributed by atoms with E-state index in [0.717, 1.165) is 36.3 Å². The Labute approximate surface area is 116 Å². The third-order valence-corrected chi connectivity index (χ3v) is 3.79. The molecule has 0 fully saturated rings. The lowest BCUT2D eigenvalue weighted by Gasteiger charge is -2.32. The average Bonchev–Trinajstić information content (AvgIpc) is 2.44. The molecule has 2 aromatic carbocycles. The highest BCUT2D eigenvalue weighted by Gasteiger charge is 2.21. The molecule has 2 N–H and O–H groups in total. The predicted octanol–water partition coefficient (Wildman–Crippen LogP) is 3.50. The van der Waals surface area contributed by atoms with E-state index in [0.29, 0.717) is 0 Å². The lowest BCUT2D eigenvalue weighted by Crippen LogP contribution is -2.30. The van der Waals surface area contributed by atoms with Crippen LogP contribution in [0.2, 0.25) is 0 Å². The summed E-state index contributed by atoms with van der Waals surface area (Å²) in [5.41, 5.74) is 8.91. The highest BCUT2D eigenvalue weighted by Crippen LogP contribution is 2.32. The van der Waals surface area contributed by atoms with E-state index in [9.17, 15) is 8.78 Å². The van der Waals surface area contributed by atoms with Gasteiger partial charge in [-0.3, -0.25) is 0 Å². The number of anilines is 2. The normalized spacial score (nSPS) is 14.2. The van der Waals surface area contributed by atoms with Crippen molar-refractivity contribution in [1.29, 1.82) is 0 Å². The quantitative estimate of drug-likeness (QED) is 0.849. The van der Waals surface area contributed by atoms with Crippen molar-refractivity contribution in [1.82, 2.24) is 0 Å². The van der Waals surface area contributed by atoms with Crippen molar-refractivity contribution in [3.05, 3.63) is 59.2 Å². The van der Waals surface area contributed by atoms with Crippen LogP contribution >= 0.6 is 0 Å². The number of rotatable bonds is 2. The first-order chi connectivity index (χ1) is 9.66. The summed E-state index contributed by atoms with van der Waals surface area (Å²) in [6.07, 6.45) is 1.86. The topological polar surface area (TPSA) is 29.3 Å². The third kappa shape index (κ3) is 2.22. The zero-order chi connectivity index (χ0) is 14.1. The molecule has 2 aromatic rings. The lowest BCUT2D eigenvalue weighted by molar-refractivity contribution is 0.546. The molecule has 0 amide bonds. The monoisotopic (exact) mass is 274 g/mol. The van der Waals surface area contributed by atoms with Gasteiger partial charge in [-0.25, -0.2) is 8.78 Å². The van der Waals surface area contributed by atoms with Crippen LogP contribution in [0.3, 0.4) is 0 Å². The number of fused-ring (bicyclic) bond motifs is 1. The van der Waals surface area contributed by atoms with E-state index >= 15 is 0 Å². The van der Waals surface area contributed by atoms with Crippen LogP contribution in [0.4, 0.5) is 20.2 Å². The second-order valence-corrected chi connectivity index (χ2v) is 5.07. The van der Waals surface area contributed by atoms with Gasteiger partial charge in [-0.15, -0.1) is 0 Å². The molecule has 0 aliphatic carbocycles. The van der Waals surface area contributed by atoms with Crippen molar-refractivity contribution in [3.63, 3.8) is 0 Å². The maximum Gasteiger partial charge on any atom is 0.131 e. The Morgan fingerprint density at radius 3 is 2.50 bits per heavy atom. The first-order valence-corrected chi connectivity index (χ1v) is 6.72. The summed E-state index contributed by atoms with van der Waals surface area (Å²) in [6.45, 7) is 1.01.